The van der Waals surface area contributed by atoms with Crippen LogP contribution >= 0.6 is 0 Å². The second-order valence-corrected chi connectivity index (χ2v) is 5.22. The van der Waals surface area contributed by atoms with Crippen LogP contribution in [-0.2, 0) is 16.0 Å². The zero-order chi connectivity index (χ0) is 14.3. The van der Waals surface area contributed by atoms with E-state index in [1.165, 1.54) is 0 Å². The summed E-state index contributed by atoms with van der Waals surface area (Å²) in [4.78, 5) is 22.4. The minimum absolute atomic E-state index is 0.260. The van der Waals surface area contributed by atoms with E-state index in [9.17, 15) is 14.7 Å². The first-order valence-electron chi connectivity index (χ1n) is 6.53. The third-order valence-electron chi connectivity index (χ3n) is 4.06. The molecule has 4 heteroatoms. The Morgan fingerprint density at radius 2 is 1.85 bits per heavy atom. The topological polar surface area (TPSA) is 74.6 Å². The van der Waals surface area contributed by atoms with Crippen molar-refractivity contribution in [3.63, 3.8) is 0 Å². The molecule has 0 radical (unpaired) electrons. The van der Waals surface area contributed by atoms with Gasteiger partial charge in [0.15, 0.2) is 0 Å². The van der Waals surface area contributed by atoms with Crippen LogP contribution in [-0.4, -0.2) is 22.2 Å². The van der Waals surface area contributed by atoms with E-state index in [-0.39, 0.29) is 12.3 Å². The van der Waals surface area contributed by atoms with Crippen molar-refractivity contribution in [1.82, 2.24) is 0 Å². The van der Waals surface area contributed by atoms with Gasteiger partial charge < -0.3 is 10.2 Å². The lowest BCUT2D eigenvalue weighted by Gasteiger charge is -2.19. The van der Waals surface area contributed by atoms with Crippen LogP contribution in [0.15, 0.2) is 36.4 Å². The molecule has 2 atom stereocenters. The van der Waals surface area contributed by atoms with Crippen molar-refractivity contribution >= 4 is 22.7 Å². The summed E-state index contributed by atoms with van der Waals surface area (Å²) in [5, 5.41) is 20.5. The Kier molecular flexibility index (Phi) is 2.93. The maximum Gasteiger partial charge on any atom is 0.307 e. The van der Waals surface area contributed by atoms with Gasteiger partial charge in [0.1, 0.15) is 0 Å². The first-order chi connectivity index (χ1) is 9.58. The largest absolute Gasteiger partial charge is 0.481 e. The first kappa shape index (κ1) is 12.7. The summed E-state index contributed by atoms with van der Waals surface area (Å²) in [7, 11) is 0. The number of carboxylic acid groups (broad SMARTS) is 2. The van der Waals surface area contributed by atoms with Crippen LogP contribution < -0.4 is 0 Å². The van der Waals surface area contributed by atoms with Gasteiger partial charge in [0, 0.05) is 5.92 Å². The third-order valence-corrected chi connectivity index (χ3v) is 4.06. The molecule has 0 aromatic heterocycles. The number of aliphatic carboxylic acids is 2. The maximum atomic E-state index is 11.4. The fourth-order valence-corrected chi connectivity index (χ4v) is 3.22. The monoisotopic (exact) mass is 270 g/mol. The van der Waals surface area contributed by atoms with Crippen molar-refractivity contribution in [3.05, 3.63) is 47.5 Å². The Morgan fingerprint density at radius 1 is 1.15 bits per heavy atom. The first-order valence-corrected chi connectivity index (χ1v) is 6.53. The maximum absolute atomic E-state index is 11.4. The highest BCUT2D eigenvalue weighted by Gasteiger charge is 2.36. The lowest BCUT2D eigenvalue weighted by molar-refractivity contribution is -0.149. The molecule has 0 saturated carbocycles. The minimum atomic E-state index is -1.07. The standard InChI is InChI=1S/C16H14O4/c17-14(18)8-13(16(19)20)12-7-10-5-1-3-9-4-2-6-11(12)15(9)10/h1-6,12-13H,7-8H2,(H,17,18)(H,19,20)/t12-,13-/m1/s1. The SMILES string of the molecule is O=C(O)C[C@@H](C(=O)O)[C@@H]1Cc2cccc3cccc1c23. The molecule has 0 amide bonds. The zero-order valence-electron chi connectivity index (χ0n) is 10.7. The number of carboxylic acids is 2. The Morgan fingerprint density at radius 3 is 2.50 bits per heavy atom. The Bertz CT molecular complexity index is 699. The van der Waals surface area contributed by atoms with Crippen LogP contribution in [0.1, 0.15) is 23.5 Å². The van der Waals surface area contributed by atoms with Crippen molar-refractivity contribution in [2.45, 2.75) is 18.8 Å². The second-order valence-electron chi connectivity index (χ2n) is 5.22. The molecule has 0 unspecified atom stereocenters. The van der Waals surface area contributed by atoms with Crippen molar-refractivity contribution in [2.24, 2.45) is 5.92 Å². The second kappa shape index (κ2) is 4.63. The van der Waals surface area contributed by atoms with E-state index in [1.807, 2.05) is 36.4 Å². The van der Waals surface area contributed by atoms with Crippen molar-refractivity contribution in [2.75, 3.05) is 0 Å². The van der Waals surface area contributed by atoms with Crippen LogP contribution in [0.25, 0.3) is 10.8 Å². The van der Waals surface area contributed by atoms with Crippen LogP contribution in [0.2, 0.25) is 0 Å². The van der Waals surface area contributed by atoms with Crippen molar-refractivity contribution in [1.29, 1.82) is 0 Å². The van der Waals surface area contributed by atoms with Gasteiger partial charge in [-0.05, 0) is 28.3 Å². The molecule has 2 aromatic rings. The zero-order valence-corrected chi connectivity index (χ0v) is 10.7. The molecule has 0 spiro atoms. The average Bonchev–Trinajstić information content (AvgIpc) is 2.77. The molecule has 0 bridgehead atoms. The minimum Gasteiger partial charge on any atom is -0.481 e. The molecule has 0 saturated heterocycles. The number of rotatable bonds is 4. The normalized spacial score (nSPS) is 18.1. The van der Waals surface area contributed by atoms with E-state index in [2.05, 4.69) is 0 Å². The quantitative estimate of drug-likeness (QED) is 0.895. The predicted molar refractivity (Wildman–Crippen MR) is 73.8 cm³/mol. The molecule has 2 aromatic carbocycles. The lowest BCUT2D eigenvalue weighted by atomic mass is 9.84. The fraction of sp³-hybridized carbons (Fsp3) is 0.250. The van der Waals surface area contributed by atoms with Crippen LogP contribution in [0.4, 0.5) is 0 Å². The van der Waals surface area contributed by atoms with Gasteiger partial charge in [0.25, 0.3) is 0 Å². The molecule has 1 aliphatic carbocycles. The van der Waals surface area contributed by atoms with Gasteiger partial charge in [0.2, 0.25) is 0 Å². The number of carbonyl (C=O) groups is 2. The van der Waals surface area contributed by atoms with Gasteiger partial charge in [-0.1, -0.05) is 36.4 Å². The van der Waals surface area contributed by atoms with E-state index >= 15 is 0 Å². The smallest absolute Gasteiger partial charge is 0.307 e. The summed E-state index contributed by atoms with van der Waals surface area (Å²) in [5.74, 6) is -3.25. The molecular weight excluding hydrogens is 256 g/mol. The molecule has 1 aliphatic rings. The van der Waals surface area contributed by atoms with Gasteiger partial charge in [-0.3, -0.25) is 9.59 Å². The van der Waals surface area contributed by atoms with E-state index in [0.717, 1.165) is 21.9 Å². The van der Waals surface area contributed by atoms with Crippen molar-refractivity contribution in [3.8, 4) is 0 Å². The van der Waals surface area contributed by atoms with Crippen LogP contribution in [0.3, 0.4) is 0 Å². The van der Waals surface area contributed by atoms with E-state index in [4.69, 9.17) is 5.11 Å². The van der Waals surface area contributed by atoms with E-state index in [0.29, 0.717) is 6.42 Å². The summed E-state index contributed by atoms with van der Waals surface area (Å²) in [6, 6.07) is 11.8. The molecule has 0 aliphatic heterocycles. The molecule has 4 nitrogen and oxygen atoms in total. The summed E-state index contributed by atoms with van der Waals surface area (Å²) >= 11 is 0. The van der Waals surface area contributed by atoms with Gasteiger partial charge in [-0.25, -0.2) is 0 Å². The van der Waals surface area contributed by atoms with Gasteiger partial charge in [-0.2, -0.15) is 0 Å². The lowest BCUT2D eigenvalue weighted by Crippen LogP contribution is -2.24. The summed E-state index contributed by atoms with van der Waals surface area (Å²) < 4.78 is 0. The molecule has 3 rings (SSSR count). The third kappa shape index (κ3) is 1.93. The Labute approximate surface area is 115 Å². The van der Waals surface area contributed by atoms with Gasteiger partial charge in [0.05, 0.1) is 12.3 Å². The summed E-state index contributed by atoms with van der Waals surface area (Å²) in [6.07, 6.45) is 0.255. The number of hydrogen-bond acceptors (Lipinski definition) is 2. The van der Waals surface area contributed by atoms with E-state index in [1.54, 1.807) is 0 Å². The molecule has 0 heterocycles. The number of benzene rings is 2. The van der Waals surface area contributed by atoms with Crippen molar-refractivity contribution < 1.29 is 19.8 Å². The van der Waals surface area contributed by atoms with Gasteiger partial charge >= 0.3 is 11.9 Å². The summed E-state index contributed by atoms with van der Waals surface area (Å²) in [5.41, 5.74) is 2.08. The molecule has 2 N–H and O–H groups in total. The van der Waals surface area contributed by atoms with Crippen LogP contribution in [0, 0.1) is 5.92 Å². The average molecular weight is 270 g/mol. The highest BCUT2D eigenvalue weighted by Crippen LogP contribution is 2.43. The highest BCUT2D eigenvalue weighted by molar-refractivity contribution is 5.92. The fourth-order valence-electron chi connectivity index (χ4n) is 3.22. The molecule has 102 valence electrons. The highest BCUT2D eigenvalue weighted by atomic mass is 16.4. The van der Waals surface area contributed by atoms with Gasteiger partial charge in [-0.15, -0.1) is 0 Å². The van der Waals surface area contributed by atoms with Crippen LogP contribution in [0.5, 0.6) is 0 Å². The number of hydrogen-bond donors (Lipinski definition) is 2. The molecule has 0 fully saturated rings. The predicted octanol–water partition coefficient (Wildman–Crippen LogP) is 2.66. The molecule has 20 heavy (non-hydrogen) atoms. The Hall–Kier alpha value is -2.36. The summed E-state index contributed by atoms with van der Waals surface area (Å²) in [6.45, 7) is 0. The van der Waals surface area contributed by atoms with E-state index < -0.39 is 17.9 Å². The molecular formula is C16H14O4. The Balaban J connectivity index is 2.09.